The third kappa shape index (κ3) is 5.30. The van der Waals surface area contributed by atoms with Crippen LogP contribution >= 0.6 is 22.6 Å². The standard InChI is InChI=1S/C13H17FINO2/c1-9(2)18-7-3-6-16-13(17)11-5-4-10(14)8-12(11)15/h4-5,8-9H,3,6-7H2,1-2H3,(H,16,17). The highest BCUT2D eigenvalue weighted by Crippen LogP contribution is 2.13. The third-order valence-corrected chi connectivity index (χ3v) is 3.13. The minimum Gasteiger partial charge on any atom is -0.379 e. The summed E-state index contributed by atoms with van der Waals surface area (Å²) in [5, 5.41) is 2.79. The van der Waals surface area contributed by atoms with E-state index in [1.54, 1.807) is 0 Å². The van der Waals surface area contributed by atoms with Crippen molar-refractivity contribution in [1.82, 2.24) is 5.32 Å². The van der Waals surface area contributed by atoms with Crippen LogP contribution in [0.4, 0.5) is 4.39 Å². The van der Waals surface area contributed by atoms with Crippen molar-refractivity contribution >= 4 is 28.5 Å². The van der Waals surface area contributed by atoms with Crippen LogP contribution in [-0.4, -0.2) is 25.2 Å². The molecule has 0 aliphatic rings. The fourth-order valence-electron chi connectivity index (χ4n) is 1.36. The predicted molar refractivity (Wildman–Crippen MR) is 77.2 cm³/mol. The van der Waals surface area contributed by atoms with Gasteiger partial charge in [-0.2, -0.15) is 0 Å². The minimum absolute atomic E-state index is 0.177. The van der Waals surface area contributed by atoms with E-state index in [0.29, 0.717) is 22.3 Å². The summed E-state index contributed by atoms with van der Waals surface area (Å²) in [5.41, 5.74) is 0.502. The monoisotopic (exact) mass is 365 g/mol. The lowest BCUT2D eigenvalue weighted by molar-refractivity contribution is 0.0757. The van der Waals surface area contributed by atoms with Gasteiger partial charge in [-0.15, -0.1) is 0 Å². The van der Waals surface area contributed by atoms with Gasteiger partial charge in [-0.05, 0) is 61.1 Å². The summed E-state index contributed by atoms with van der Waals surface area (Å²) >= 11 is 1.95. The Hall–Kier alpha value is -0.690. The molecule has 3 nitrogen and oxygen atoms in total. The largest absolute Gasteiger partial charge is 0.379 e. The number of carbonyl (C=O) groups excluding carboxylic acids is 1. The highest BCUT2D eigenvalue weighted by molar-refractivity contribution is 14.1. The molecule has 0 aliphatic carbocycles. The number of hydrogen-bond acceptors (Lipinski definition) is 2. The molecular weight excluding hydrogens is 348 g/mol. The van der Waals surface area contributed by atoms with Crippen molar-refractivity contribution in [3.8, 4) is 0 Å². The highest BCUT2D eigenvalue weighted by Gasteiger charge is 2.09. The normalized spacial score (nSPS) is 10.7. The van der Waals surface area contributed by atoms with E-state index in [1.165, 1.54) is 18.2 Å². The molecule has 1 rings (SSSR count). The van der Waals surface area contributed by atoms with E-state index in [9.17, 15) is 9.18 Å². The van der Waals surface area contributed by atoms with Gasteiger partial charge in [0.25, 0.3) is 5.91 Å². The zero-order valence-electron chi connectivity index (χ0n) is 10.5. The number of halogens is 2. The molecule has 0 spiro atoms. The molecule has 0 fully saturated rings. The first kappa shape index (κ1) is 15.4. The lowest BCUT2D eigenvalue weighted by Gasteiger charge is -2.09. The molecule has 100 valence electrons. The number of carbonyl (C=O) groups is 1. The molecule has 0 radical (unpaired) electrons. The highest BCUT2D eigenvalue weighted by atomic mass is 127. The van der Waals surface area contributed by atoms with Crippen LogP contribution in [0.15, 0.2) is 18.2 Å². The van der Waals surface area contributed by atoms with E-state index < -0.39 is 0 Å². The van der Waals surface area contributed by atoms with E-state index >= 15 is 0 Å². The van der Waals surface area contributed by atoms with Gasteiger partial charge in [0, 0.05) is 16.7 Å². The van der Waals surface area contributed by atoms with Crippen molar-refractivity contribution < 1.29 is 13.9 Å². The summed E-state index contributed by atoms with van der Waals surface area (Å²) in [6, 6.07) is 4.13. The maximum Gasteiger partial charge on any atom is 0.252 e. The number of benzene rings is 1. The van der Waals surface area contributed by atoms with Gasteiger partial charge in [-0.3, -0.25) is 4.79 Å². The maximum atomic E-state index is 12.9. The first-order valence-electron chi connectivity index (χ1n) is 5.85. The van der Waals surface area contributed by atoms with Crippen molar-refractivity contribution in [1.29, 1.82) is 0 Å². The molecule has 0 saturated carbocycles. The lowest BCUT2D eigenvalue weighted by Crippen LogP contribution is -2.26. The van der Waals surface area contributed by atoms with Crippen molar-refractivity contribution in [2.75, 3.05) is 13.2 Å². The van der Waals surface area contributed by atoms with Crippen LogP contribution in [0.2, 0.25) is 0 Å². The van der Waals surface area contributed by atoms with Gasteiger partial charge in [-0.25, -0.2) is 4.39 Å². The van der Waals surface area contributed by atoms with E-state index in [2.05, 4.69) is 5.32 Å². The van der Waals surface area contributed by atoms with Gasteiger partial charge in [-0.1, -0.05) is 0 Å². The molecular formula is C13H17FINO2. The second-order valence-corrected chi connectivity index (χ2v) is 5.32. The Morgan fingerprint density at radius 2 is 2.22 bits per heavy atom. The van der Waals surface area contributed by atoms with Gasteiger partial charge >= 0.3 is 0 Å². The molecule has 0 bridgehead atoms. The summed E-state index contributed by atoms with van der Waals surface area (Å²) in [7, 11) is 0. The van der Waals surface area contributed by atoms with Gasteiger partial charge in [0.1, 0.15) is 5.82 Å². The summed E-state index contributed by atoms with van der Waals surface area (Å²) in [6.45, 7) is 5.12. The van der Waals surface area contributed by atoms with E-state index in [0.717, 1.165) is 6.42 Å². The average Bonchev–Trinajstić information content (AvgIpc) is 2.27. The van der Waals surface area contributed by atoms with Gasteiger partial charge in [0.2, 0.25) is 0 Å². The fraction of sp³-hybridized carbons (Fsp3) is 0.462. The Kier molecular flexibility index (Phi) is 6.56. The zero-order valence-corrected chi connectivity index (χ0v) is 12.7. The van der Waals surface area contributed by atoms with Crippen LogP contribution in [0.5, 0.6) is 0 Å². The maximum absolute atomic E-state index is 12.9. The number of amides is 1. The van der Waals surface area contributed by atoms with Crippen LogP contribution in [0.3, 0.4) is 0 Å². The van der Waals surface area contributed by atoms with E-state index in [1.807, 2.05) is 36.4 Å². The molecule has 1 aromatic rings. The minimum atomic E-state index is -0.332. The Bertz CT molecular complexity index is 410. The summed E-state index contributed by atoms with van der Waals surface area (Å²) in [4.78, 5) is 11.8. The Balaban J connectivity index is 2.36. The molecule has 1 amide bonds. The third-order valence-electron chi connectivity index (χ3n) is 2.23. The van der Waals surface area contributed by atoms with Gasteiger partial charge in [0.15, 0.2) is 0 Å². The predicted octanol–water partition coefficient (Wildman–Crippen LogP) is 2.98. The summed E-state index contributed by atoms with van der Waals surface area (Å²) in [6.07, 6.45) is 0.973. The van der Waals surface area contributed by atoms with Crippen LogP contribution in [-0.2, 0) is 4.74 Å². The smallest absolute Gasteiger partial charge is 0.252 e. The molecule has 0 saturated heterocycles. The van der Waals surface area contributed by atoms with Crippen molar-refractivity contribution in [3.63, 3.8) is 0 Å². The van der Waals surface area contributed by atoms with Crippen LogP contribution < -0.4 is 5.32 Å². The Morgan fingerprint density at radius 1 is 1.50 bits per heavy atom. The van der Waals surface area contributed by atoms with Crippen molar-refractivity contribution in [2.24, 2.45) is 0 Å². The SMILES string of the molecule is CC(C)OCCCNC(=O)c1ccc(F)cc1I. The number of nitrogens with one attached hydrogen (secondary N) is 1. The number of ether oxygens (including phenoxy) is 1. The van der Waals surface area contributed by atoms with E-state index in [4.69, 9.17) is 4.74 Å². The Morgan fingerprint density at radius 3 is 2.83 bits per heavy atom. The molecule has 0 aliphatic heterocycles. The lowest BCUT2D eigenvalue weighted by atomic mass is 10.2. The molecule has 0 heterocycles. The first-order chi connectivity index (χ1) is 8.50. The zero-order chi connectivity index (χ0) is 13.5. The summed E-state index contributed by atoms with van der Waals surface area (Å²) < 4.78 is 18.9. The van der Waals surface area contributed by atoms with Crippen LogP contribution in [0.25, 0.3) is 0 Å². The molecule has 0 aromatic heterocycles. The van der Waals surface area contributed by atoms with Crippen LogP contribution in [0.1, 0.15) is 30.6 Å². The van der Waals surface area contributed by atoms with Crippen molar-refractivity contribution in [2.45, 2.75) is 26.4 Å². The van der Waals surface area contributed by atoms with E-state index in [-0.39, 0.29) is 17.8 Å². The quantitative estimate of drug-likeness (QED) is 0.622. The molecule has 0 unspecified atom stereocenters. The van der Waals surface area contributed by atoms with Crippen LogP contribution in [0, 0.1) is 9.39 Å². The molecule has 1 N–H and O–H groups in total. The topological polar surface area (TPSA) is 38.3 Å². The van der Waals surface area contributed by atoms with Crippen molar-refractivity contribution in [3.05, 3.63) is 33.1 Å². The average molecular weight is 365 g/mol. The number of rotatable bonds is 6. The van der Waals surface area contributed by atoms with Gasteiger partial charge < -0.3 is 10.1 Å². The fourth-order valence-corrected chi connectivity index (χ4v) is 2.08. The summed E-state index contributed by atoms with van der Waals surface area (Å²) in [5.74, 6) is -0.509. The first-order valence-corrected chi connectivity index (χ1v) is 6.93. The molecule has 5 heteroatoms. The molecule has 18 heavy (non-hydrogen) atoms. The second-order valence-electron chi connectivity index (χ2n) is 4.15. The Labute approximate surface area is 120 Å². The molecule has 0 atom stereocenters. The molecule has 1 aromatic carbocycles. The second kappa shape index (κ2) is 7.68. The number of hydrogen-bond donors (Lipinski definition) is 1. The van der Waals surface area contributed by atoms with Gasteiger partial charge in [0.05, 0.1) is 11.7 Å².